The molecular formula is C71H62O2. The van der Waals surface area contributed by atoms with Gasteiger partial charge < -0.3 is 0 Å². The number of rotatable bonds is 18. The van der Waals surface area contributed by atoms with Crippen molar-refractivity contribution in [1.82, 2.24) is 0 Å². The summed E-state index contributed by atoms with van der Waals surface area (Å²) in [6.45, 7) is 4.59. The number of hydrogen-bond donors (Lipinski definition) is 0. The maximum atomic E-state index is 15.4. The van der Waals surface area contributed by atoms with Crippen molar-refractivity contribution in [3.8, 4) is 11.1 Å². The van der Waals surface area contributed by atoms with E-state index in [1.54, 1.807) is 0 Å². The molecule has 11 rings (SSSR count). The fourth-order valence-corrected chi connectivity index (χ4v) is 12.3. The molecule has 8 aromatic carbocycles. The molecule has 3 aliphatic carbocycles. The lowest BCUT2D eigenvalue weighted by molar-refractivity contribution is -0.109. The molecule has 73 heavy (non-hydrogen) atoms. The van der Waals surface area contributed by atoms with Crippen LogP contribution >= 0.6 is 0 Å². The third-order valence-corrected chi connectivity index (χ3v) is 15.6. The number of unbranched alkanes of at least 4 members (excludes halogenated alkanes) is 6. The van der Waals surface area contributed by atoms with Crippen molar-refractivity contribution in [1.29, 1.82) is 0 Å². The Labute approximate surface area is 432 Å². The predicted octanol–water partition coefficient (Wildman–Crippen LogP) is 18.1. The second-order valence-electron chi connectivity index (χ2n) is 20.1. The maximum Gasteiger partial charge on any atom is 0.195 e. The van der Waals surface area contributed by atoms with E-state index in [-0.39, 0.29) is 17.0 Å². The lowest BCUT2D eigenvalue weighted by Crippen LogP contribution is -2.26. The average Bonchev–Trinajstić information content (AvgIpc) is 4.04. The van der Waals surface area contributed by atoms with Crippen LogP contribution in [0.5, 0.6) is 0 Å². The van der Waals surface area contributed by atoms with Gasteiger partial charge >= 0.3 is 0 Å². The summed E-state index contributed by atoms with van der Waals surface area (Å²) >= 11 is 0. The molecule has 0 saturated carbocycles. The highest BCUT2D eigenvalue weighted by atomic mass is 16.1. The highest BCUT2D eigenvalue weighted by molar-refractivity contribution is 6.60. The van der Waals surface area contributed by atoms with E-state index in [1.165, 1.54) is 35.1 Å². The van der Waals surface area contributed by atoms with Gasteiger partial charge in [-0.25, -0.2) is 0 Å². The first-order valence-electron chi connectivity index (χ1n) is 26.7. The van der Waals surface area contributed by atoms with Crippen LogP contribution in [0.3, 0.4) is 0 Å². The van der Waals surface area contributed by atoms with Crippen molar-refractivity contribution in [2.75, 3.05) is 0 Å². The summed E-state index contributed by atoms with van der Waals surface area (Å²) in [5.74, 6) is 0.103. The highest BCUT2D eigenvalue weighted by Gasteiger charge is 2.45. The number of ketones is 2. The van der Waals surface area contributed by atoms with Gasteiger partial charge in [-0.05, 0) is 91.7 Å². The molecule has 0 radical (unpaired) electrons. The number of fused-ring (bicyclic) bond motifs is 3. The van der Waals surface area contributed by atoms with Crippen molar-refractivity contribution >= 4 is 56.2 Å². The van der Waals surface area contributed by atoms with Gasteiger partial charge in [-0.2, -0.15) is 0 Å². The average molecular weight is 947 g/mol. The SMILES string of the molecule is CCCCCCC1(CCCCCC)c2cc(C3=C(c4ccccc4)C(=O)C(c4ccccc4)=C3c3ccccc3)ccc2-c2ccc(C3=C(c4ccccc4)C(=O)C(c4ccccc4)=C3c3ccccc3)cc21. The van der Waals surface area contributed by atoms with Crippen molar-refractivity contribution in [2.24, 2.45) is 0 Å². The summed E-state index contributed by atoms with van der Waals surface area (Å²) in [6, 6.07) is 76.4. The first-order valence-corrected chi connectivity index (χ1v) is 26.7. The third kappa shape index (κ3) is 8.74. The molecule has 0 saturated heterocycles. The Bertz CT molecular complexity index is 3210. The zero-order chi connectivity index (χ0) is 49.7. The minimum Gasteiger partial charge on any atom is -0.289 e. The molecule has 0 amide bonds. The van der Waals surface area contributed by atoms with Crippen LogP contribution in [-0.4, -0.2) is 11.6 Å². The third-order valence-electron chi connectivity index (χ3n) is 15.6. The van der Waals surface area contributed by atoms with Gasteiger partial charge in [0.1, 0.15) is 0 Å². The second kappa shape index (κ2) is 21.0. The Hall–Kier alpha value is -7.94. The van der Waals surface area contributed by atoms with Crippen LogP contribution in [0.4, 0.5) is 0 Å². The van der Waals surface area contributed by atoms with Gasteiger partial charge in [0.25, 0.3) is 0 Å². The van der Waals surface area contributed by atoms with Gasteiger partial charge in [0.05, 0.1) is 0 Å². The zero-order valence-corrected chi connectivity index (χ0v) is 42.2. The summed E-state index contributed by atoms with van der Waals surface area (Å²) in [5, 5.41) is 0. The minimum atomic E-state index is -0.317. The summed E-state index contributed by atoms with van der Waals surface area (Å²) in [4.78, 5) is 30.9. The molecule has 2 heteroatoms. The summed E-state index contributed by atoms with van der Waals surface area (Å²) in [5.41, 5.74) is 19.7. The molecular weight excluding hydrogens is 885 g/mol. The number of carbonyl (C=O) groups excluding carboxylic acids is 2. The smallest absolute Gasteiger partial charge is 0.195 e. The number of carbonyl (C=O) groups is 2. The Morgan fingerprint density at radius 3 is 0.808 bits per heavy atom. The van der Waals surface area contributed by atoms with E-state index >= 15 is 9.59 Å². The van der Waals surface area contributed by atoms with Crippen LogP contribution in [0.2, 0.25) is 0 Å². The molecule has 0 atom stereocenters. The van der Waals surface area contributed by atoms with E-state index in [0.29, 0.717) is 0 Å². The summed E-state index contributed by atoms with van der Waals surface area (Å²) < 4.78 is 0. The molecule has 8 aromatic rings. The molecule has 0 heterocycles. The highest BCUT2D eigenvalue weighted by Crippen LogP contribution is 2.59. The Morgan fingerprint density at radius 1 is 0.274 bits per heavy atom. The van der Waals surface area contributed by atoms with Gasteiger partial charge in [-0.3, -0.25) is 9.59 Å². The van der Waals surface area contributed by atoms with Crippen LogP contribution in [-0.2, 0) is 15.0 Å². The fraction of sp³-hybridized carbons (Fsp3) is 0.183. The van der Waals surface area contributed by atoms with Crippen molar-refractivity contribution in [3.63, 3.8) is 0 Å². The van der Waals surface area contributed by atoms with Gasteiger partial charge in [0, 0.05) is 50.0 Å². The largest absolute Gasteiger partial charge is 0.289 e. The zero-order valence-electron chi connectivity index (χ0n) is 42.2. The van der Waals surface area contributed by atoms with Crippen molar-refractivity contribution in [2.45, 2.75) is 83.5 Å². The molecule has 0 N–H and O–H groups in total. The van der Waals surface area contributed by atoms with Gasteiger partial charge in [-0.15, -0.1) is 0 Å². The Morgan fingerprint density at radius 2 is 0.534 bits per heavy atom. The molecule has 0 aromatic heterocycles. The van der Waals surface area contributed by atoms with Crippen molar-refractivity contribution in [3.05, 3.63) is 274 Å². The van der Waals surface area contributed by atoms with E-state index in [2.05, 4.69) is 159 Å². The molecule has 0 fully saturated rings. The minimum absolute atomic E-state index is 0.0517. The van der Waals surface area contributed by atoms with Crippen LogP contribution < -0.4 is 0 Å². The summed E-state index contributed by atoms with van der Waals surface area (Å²) in [7, 11) is 0. The molecule has 358 valence electrons. The standard InChI is InChI=1S/C71H62O2/c1-3-5-7-27-45-71(46-28-8-6-4-2)59-47-55(63-61(49-29-15-9-16-30-49)65(51-33-19-11-20-34-51)69(72)67(63)53-37-23-13-24-38-53)41-43-57(59)58-44-42-56(48-60(58)71)64-62(50-31-17-10-18-32-50)66(52-35-21-12-22-36-52)70(73)68(64)54-39-25-14-26-40-54/h9-26,29-44,47-48H,3-8,27-28,45-46H2,1-2H3. The maximum absolute atomic E-state index is 15.4. The van der Waals surface area contributed by atoms with E-state index in [1.807, 2.05) is 72.8 Å². The molecule has 0 unspecified atom stereocenters. The lowest BCUT2D eigenvalue weighted by atomic mass is 9.69. The van der Waals surface area contributed by atoms with E-state index < -0.39 is 0 Å². The molecule has 0 aliphatic heterocycles. The quantitative estimate of drug-likeness (QED) is 0.0803. The Kier molecular flexibility index (Phi) is 13.7. The monoisotopic (exact) mass is 946 g/mol. The molecule has 2 nitrogen and oxygen atoms in total. The van der Waals surface area contributed by atoms with Gasteiger partial charge in [-0.1, -0.05) is 271 Å². The normalized spacial score (nSPS) is 14.9. The molecule has 0 spiro atoms. The number of hydrogen-bond acceptors (Lipinski definition) is 2. The van der Waals surface area contributed by atoms with E-state index in [0.717, 1.165) is 140 Å². The number of benzene rings is 8. The van der Waals surface area contributed by atoms with Crippen molar-refractivity contribution < 1.29 is 9.59 Å². The topological polar surface area (TPSA) is 34.1 Å². The predicted molar refractivity (Wildman–Crippen MR) is 306 cm³/mol. The van der Waals surface area contributed by atoms with Crippen LogP contribution in [0, 0.1) is 0 Å². The van der Waals surface area contributed by atoms with E-state index in [4.69, 9.17) is 0 Å². The summed E-state index contributed by atoms with van der Waals surface area (Å²) in [6.07, 6.45) is 11.2. The first-order chi connectivity index (χ1) is 36.0. The number of Topliss-reactive ketones (excluding diaryl/α,β-unsaturated/α-hetero) is 2. The van der Waals surface area contributed by atoms with Gasteiger partial charge in [0.2, 0.25) is 0 Å². The molecule has 0 bridgehead atoms. The fourth-order valence-electron chi connectivity index (χ4n) is 12.3. The first kappa shape index (κ1) is 47.4. The second-order valence-corrected chi connectivity index (χ2v) is 20.1. The van der Waals surface area contributed by atoms with Crippen LogP contribution in [0.25, 0.3) is 55.7 Å². The van der Waals surface area contributed by atoms with Crippen LogP contribution in [0.1, 0.15) is 134 Å². The molecule has 3 aliphatic rings. The van der Waals surface area contributed by atoms with Gasteiger partial charge in [0.15, 0.2) is 11.6 Å². The number of allylic oxidation sites excluding steroid dienone is 8. The Balaban J connectivity index is 1.17. The van der Waals surface area contributed by atoms with Crippen LogP contribution in [0.15, 0.2) is 218 Å². The van der Waals surface area contributed by atoms with E-state index in [9.17, 15) is 0 Å². The lowest BCUT2D eigenvalue weighted by Gasteiger charge is -2.34.